The van der Waals surface area contributed by atoms with Crippen LogP contribution in [0.25, 0.3) is 0 Å². The number of rotatable bonds is 5. The Kier molecular flexibility index (Phi) is 5.09. The average Bonchev–Trinajstić information content (AvgIpc) is 2.52. The maximum absolute atomic E-state index is 9.12. The molecule has 14 heavy (non-hydrogen) atoms. The van der Waals surface area contributed by atoms with Crippen LogP contribution >= 0.6 is 27.3 Å². The van der Waals surface area contributed by atoms with Crippen molar-refractivity contribution in [2.45, 2.75) is 26.4 Å². The van der Waals surface area contributed by atoms with Gasteiger partial charge in [0.05, 0.1) is 6.61 Å². The van der Waals surface area contributed by atoms with Gasteiger partial charge in [0.25, 0.3) is 0 Å². The standard InChI is InChI=1S/C10H16BrNOS/c1-7(2)9(6-13)12-5-10-8(11)3-4-14-10/h3-4,7,9,12-13H,5-6H2,1-2H3. The monoisotopic (exact) mass is 277 g/mol. The third-order valence-electron chi connectivity index (χ3n) is 2.22. The van der Waals surface area contributed by atoms with E-state index in [1.165, 1.54) is 4.88 Å². The lowest BCUT2D eigenvalue weighted by molar-refractivity contribution is 0.210. The van der Waals surface area contributed by atoms with Crippen LogP contribution in [0.1, 0.15) is 18.7 Å². The number of halogens is 1. The second kappa shape index (κ2) is 5.85. The molecule has 1 rings (SSSR count). The predicted octanol–water partition coefficient (Wildman–Crippen LogP) is 2.62. The van der Waals surface area contributed by atoms with Crippen molar-refractivity contribution in [3.8, 4) is 0 Å². The van der Waals surface area contributed by atoms with Crippen LogP contribution in [0.2, 0.25) is 0 Å². The van der Waals surface area contributed by atoms with E-state index in [4.69, 9.17) is 5.11 Å². The Bertz CT molecular complexity index is 275. The van der Waals surface area contributed by atoms with Gasteiger partial charge in [-0.15, -0.1) is 11.3 Å². The molecule has 0 radical (unpaired) electrons. The van der Waals surface area contributed by atoms with Gasteiger partial charge in [-0.3, -0.25) is 0 Å². The summed E-state index contributed by atoms with van der Waals surface area (Å²) in [5.41, 5.74) is 0. The summed E-state index contributed by atoms with van der Waals surface area (Å²) >= 11 is 5.21. The molecule has 4 heteroatoms. The molecule has 1 aromatic heterocycles. The highest BCUT2D eigenvalue weighted by Crippen LogP contribution is 2.22. The summed E-state index contributed by atoms with van der Waals surface area (Å²) in [4.78, 5) is 1.28. The second-order valence-electron chi connectivity index (χ2n) is 3.61. The largest absolute Gasteiger partial charge is 0.395 e. The lowest BCUT2D eigenvalue weighted by atomic mass is 10.1. The molecule has 1 aromatic rings. The first-order valence-corrected chi connectivity index (χ1v) is 6.38. The molecule has 2 nitrogen and oxygen atoms in total. The third kappa shape index (κ3) is 3.35. The molecule has 0 saturated carbocycles. The Morgan fingerprint density at radius 1 is 1.57 bits per heavy atom. The fraction of sp³-hybridized carbons (Fsp3) is 0.600. The van der Waals surface area contributed by atoms with Gasteiger partial charge in [0, 0.05) is 21.9 Å². The second-order valence-corrected chi connectivity index (χ2v) is 5.46. The molecule has 0 aromatic carbocycles. The Labute approximate surface area is 97.5 Å². The van der Waals surface area contributed by atoms with Crippen LogP contribution in [0.3, 0.4) is 0 Å². The summed E-state index contributed by atoms with van der Waals surface area (Å²) in [6.07, 6.45) is 0. The molecule has 0 aliphatic heterocycles. The molecule has 2 N–H and O–H groups in total. The molecular formula is C10H16BrNOS. The molecule has 0 bridgehead atoms. The highest BCUT2D eigenvalue weighted by atomic mass is 79.9. The summed E-state index contributed by atoms with van der Waals surface area (Å²) in [7, 11) is 0. The average molecular weight is 278 g/mol. The number of hydrogen-bond acceptors (Lipinski definition) is 3. The number of aliphatic hydroxyl groups excluding tert-OH is 1. The summed E-state index contributed by atoms with van der Waals surface area (Å²) in [6.45, 7) is 5.23. The van der Waals surface area contributed by atoms with E-state index in [-0.39, 0.29) is 12.6 Å². The van der Waals surface area contributed by atoms with Crippen LogP contribution in [0.5, 0.6) is 0 Å². The fourth-order valence-electron chi connectivity index (χ4n) is 1.19. The summed E-state index contributed by atoms with van der Waals surface area (Å²) < 4.78 is 1.15. The van der Waals surface area contributed by atoms with Gasteiger partial charge >= 0.3 is 0 Å². The quantitative estimate of drug-likeness (QED) is 0.867. The maximum atomic E-state index is 9.12. The Morgan fingerprint density at radius 2 is 2.29 bits per heavy atom. The minimum Gasteiger partial charge on any atom is -0.395 e. The Balaban J connectivity index is 2.43. The SMILES string of the molecule is CC(C)C(CO)NCc1sccc1Br. The van der Waals surface area contributed by atoms with Crippen molar-refractivity contribution in [3.63, 3.8) is 0 Å². The van der Waals surface area contributed by atoms with Crippen LogP contribution in [0.15, 0.2) is 15.9 Å². The summed E-state index contributed by atoms with van der Waals surface area (Å²) in [5, 5.41) is 14.5. The number of hydrogen-bond donors (Lipinski definition) is 2. The molecule has 0 aliphatic carbocycles. The lowest BCUT2D eigenvalue weighted by Crippen LogP contribution is -2.36. The summed E-state index contributed by atoms with van der Waals surface area (Å²) in [5.74, 6) is 0.457. The van der Waals surface area contributed by atoms with Gasteiger partial charge < -0.3 is 10.4 Å². The minimum atomic E-state index is 0.184. The van der Waals surface area contributed by atoms with Crippen molar-refractivity contribution in [3.05, 3.63) is 20.8 Å². The molecule has 80 valence electrons. The van der Waals surface area contributed by atoms with E-state index < -0.39 is 0 Å². The van der Waals surface area contributed by atoms with E-state index in [9.17, 15) is 0 Å². The van der Waals surface area contributed by atoms with Gasteiger partial charge in [0.1, 0.15) is 0 Å². The highest BCUT2D eigenvalue weighted by Gasteiger charge is 2.11. The van der Waals surface area contributed by atoms with Crippen LogP contribution in [0.4, 0.5) is 0 Å². The van der Waals surface area contributed by atoms with Gasteiger partial charge in [-0.1, -0.05) is 13.8 Å². The third-order valence-corrected chi connectivity index (χ3v) is 4.14. The van der Waals surface area contributed by atoms with Crippen LogP contribution in [-0.4, -0.2) is 17.8 Å². The smallest absolute Gasteiger partial charge is 0.0587 e. The van der Waals surface area contributed by atoms with Gasteiger partial charge in [0.15, 0.2) is 0 Å². The van der Waals surface area contributed by atoms with Crippen molar-refractivity contribution in [2.24, 2.45) is 5.92 Å². The molecule has 1 heterocycles. The van der Waals surface area contributed by atoms with E-state index in [1.54, 1.807) is 11.3 Å². The van der Waals surface area contributed by atoms with E-state index in [0.29, 0.717) is 5.92 Å². The van der Waals surface area contributed by atoms with Crippen LogP contribution in [-0.2, 0) is 6.54 Å². The summed E-state index contributed by atoms with van der Waals surface area (Å²) in [6, 6.07) is 2.23. The molecule has 0 spiro atoms. The number of thiophene rings is 1. The van der Waals surface area contributed by atoms with Crippen LogP contribution < -0.4 is 5.32 Å². The zero-order chi connectivity index (χ0) is 10.6. The van der Waals surface area contributed by atoms with Crippen molar-refractivity contribution in [1.82, 2.24) is 5.32 Å². The van der Waals surface area contributed by atoms with Crippen molar-refractivity contribution in [1.29, 1.82) is 0 Å². The maximum Gasteiger partial charge on any atom is 0.0587 e. The molecular weight excluding hydrogens is 262 g/mol. The Hall–Kier alpha value is 0.100. The van der Waals surface area contributed by atoms with Gasteiger partial charge in [-0.05, 0) is 33.3 Å². The molecule has 0 amide bonds. The van der Waals surface area contributed by atoms with E-state index in [1.807, 2.05) is 6.07 Å². The fourth-order valence-corrected chi connectivity index (χ4v) is 2.63. The van der Waals surface area contributed by atoms with E-state index >= 15 is 0 Å². The zero-order valence-electron chi connectivity index (χ0n) is 8.46. The molecule has 0 saturated heterocycles. The van der Waals surface area contributed by atoms with Crippen molar-refractivity contribution in [2.75, 3.05) is 6.61 Å². The topological polar surface area (TPSA) is 32.3 Å². The first-order chi connectivity index (χ1) is 6.65. The number of nitrogens with one attached hydrogen (secondary N) is 1. The van der Waals surface area contributed by atoms with Gasteiger partial charge in [-0.2, -0.15) is 0 Å². The lowest BCUT2D eigenvalue weighted by Gasteiger charge is -2.19. The molecule has 1 unspecified atom stereocenters. The van der Waals surface area contributed by atoms with Gasteiger partial charge in [-0.25, -0.2) is 0 Å². The predicted molar refractivity (Wildman–Crippen MR) is 64.6 cm³/mol. The van der Waals surface area contributed by atoms with E-state index in [0.717, 1.165) is 11.0 Å². The minimum absolute atomic E-state index is 0.184. The van der Waals surface area contributed by atoms with Crippen molar-refractivity contribution < 1.29 is 5.11 Å². The van der Waals surface area contributed by atoms with Gasteiger partial charge in [0.2, 0.25) is 0 Å². The van der Waals surface area contributed by atoms with Crippen LogP contribution in [0, 0.1) is 5.92 Å². The van der Waals surface area contributed by atoms with E-state index in [2.05, 4.69) is 40.5 Å². The molecule has 0 fully saturated rings. The Morgan fingerprint density at radius 3 is 2.71 bits per heavy atom. The number of aliphatic hydroxyl groups is 1. The first kappa shape index (κ1) is 12.2. The van der Waals surface area contributed by atoms with Crippen molar-refractivity contribution >= 4 is 27.3 Å². The first-order valence-electron chi connectivity index (χ1n) is 4.71. The molecule has 0 aliphatic rings. The zero-order valence-corrected chi connectivity index (χ0v) is 10.9. The molecule has 1 atom stereocenters. The highest BCUT2D eigenvalue weighted by molar-refractivity contribution is 9.10. The normalized spacial score (nSPS) is 13.5.